The summed E-state index contributed by atoms with van der Waals surface area (Å²) in [5.41, 5.74) is 0. The van der Waals surface area contributed by atoms with Gasteiger partial charge in [-0.3, -0.25) is 14.4 Å². The average molecular weight is 881 g/mol. The molecule has 1 unspecified atom stereocenters. The number of ether oxygens (including phenoxy) is 3. The van der Waals surface area contributed by atoms with Gasteiger partial charge in [-0.25, -0.2) is 0 Å². The molecule has 6 nitrogen and oxygen atoms in total. The molecule has 0 aromatic carbocycles. The first kappa shape index (κ1) is 60.1. The van der Waals surface area contributed by atoms with E-state index in [1.54, 1.807) is 0 Å². The predicted octanol–water partition coefficient (Wildman–Crippen LogP) is 17.6. The van der Waals surface area contributed by atoms with Crippen LogP contribution in [0, 0.1) is 0 Å². The van der Waals surface area contributed by atoms with Crippen molar-refractivity contribution in [2.24, 2.45) is 0 Å². The maximum absolute atomic E-state index is 12.8. The van der Waals surface area contributed by atoms with Crippen molar-refractivity contribution >= 4 is 17.9 Å². The Morgan fingerprint density at radius 3 is 0.968 bits per heavy atom. The average Bonchev–Trinajstić information content (AvgIpc) is 3.28. The number of carbonyl (C=O) groups excluding carboxylic acids is 3. The fraction of sp³-hybridized carbons (Fsp3) is 0.772. The van der Waals surface area contributed by atoms with E-state index in [4.69, 9.17) is 14.2 Å². The van der Waals surface area contributed by atoms with Gasteiger partial charge in [-0.05, 0) is 103 Å². The SMILES string of the molecule is CCCC/C=C\C/C=C\CCCCCCCC(=O)OCC(COC(=O)CCCCCCC/C=C\CCCCCCCCC)OC(=O)CCCCCCC/C=C\C/C=C\CCCCC. The van der Waals surface area contributed by atoms with Crippen LogP contribution < -0.4 is 0 Å². The number of hydrogen-bond acceptors (Lipinski definition) is 6. The summed E-state index contributed by atoms with van der Waals surface area (Å²) in [6.45, 7) is 6.55. The van der Waals surface area contributed by atoms with Crippen molar-refractivity contribution in [3.63, 3.8) is 0 Å². The lowest BCUT2D eigenvalue weighted by Gasteiger charge is -2.18. The molecule has 0 aliphatic carbocycles. The number of esters is 3. The van der Waals surface area contributed by atoms with Crippen molar-refractivity contribution in [2.75, 3.05) is 13.2 Å². The normalized spacial score (nSPS) is 12.5. The van der Waals surface area contributed by atoms with Gasteiger partial charge in [-0.2, -0.15) is 0 Å². The third kappa shape index (κ3) is 50.0. The van der Waals surface area contributed by atoms with Gasteiger partial charge >= 0.3 is 17.9 Å². The van der Waals surface area contributed by atoms with E-state index >= 15 is 0 Å². The number of unbranched alkanes of at least 4 members (excludes halogenated alkanes) is 27. The van der Waals surface area contributed by atoms with Gasteiger partial charge in [-0.1, -0.05) is 204 Å². The molecular formula is C57H100O6. The Morgan fingerprint density at radius 1 is 0.317 bits per heavy atom. The van der Waals surface area contributed by atoms with Gasteiger partial charge in [0.2, 0.25) is 0 Å². The summed E-state index contributed by atoms with van der Waals surface area (Å²) >= 11 is 0. The molecule has 0 rings (SSSR count). The van der Waals surface area contributed by atoms with Crippen LogP contribution in [-0.2, 0) is 28.6 Å². The number of rotatable bonds is 48. The lowest BCUT2D eigenvalue weighted by molar-refractivity contribution is -0.167. The quantitative estimate of drug-likeness (QED) is 0.0262. The highest BCUT2D eigenvalue weighted by molar-refractivity contribution is 5.71. The first-order chi connectivity index (χ1) is 31.0. The van der Waals surface area contributed by atoms with Crippen LogP contribution in [0.25, 0.3) is 0 Å². The second-order valence-corrected chi connectivity index (χ2v) is 17.8. The molecule has 6 heteroatoms. The number of carbonyl (C=O) groups is 3. The summed E-state index contributed by atoms with van der Waals surface area (Å²) in [5.74, 6) is -0.919. The second-order valence-electron chi connectivity index (χ2n) is 17.8. The summed E-state index contributed by atoms with van der Waals surface area (Å²) in [4.78, 5) is 38.0. The molecule has 63 heavy (non-hydrogen) atoms. The summed E-state index contributed by atoms with van der Waals surface area (Å²) < 4.78 is 16.8. The van der Waals surface area contributed by atoms with Crippen molar-refractivity contribution in [1.82, 2.24) is 0 Å². The summed E-state index contributed by atoms with van der Waals surface area (Å²) in [5, 5.41) is 0. The molecule has 0 bridgehead atoms. The zero-order chi connectivity index (χ0) is 45.8. The Morgan fingerprint density at radius 2 is 0.587 bits per heavy atom. The number of hydrogen-bond donors (Lipinski definition) is 0. The zero-order valence-electron chi connectivity index (χ0n) is 41.6. The molecule has 0 spiro atoms. The molecule has 0 aromatic rings. The third-order valence-corrected chi connectivity index (χ3v) is 11.5. The zero-order valence-corrected chi connectivity index (χ0v) is 41.6. The first-order valence-corrected chi connectivity index (χ1v) is 26.8. The van der Waals surface area contributed by atoms with Crippen LogP contribution in [0.3, 0.4) is 0 Å². The summed E-state index contributed by atoms with van der Waals surface area (Å²) in [6, 6.07) is 0. The Hall–Kier alpha value is -2.89. The molecule has 364 valence electrons. The van der Waals surface area contributed by atoms with E-state index in [1.807, 2.05) is 0 Å². The summed E-state index contributed by atoms with van der Waals surface area (Å²) in [7, 11) is 0. The molecule has 0 N–H and O–H groups in total. The van der Waals surface area contributed by atoms with Gasteiger partial charge in [-0.15, -0.1) is 0 Å². The minimum atomic E-state index is -0.790. The lowest BCUT2D eigenvalue weighted by atomic mass is 10.1. The van der Waals surface area contributed by atoms with E-state index in [1.165, 1.54) is 116 Å². The molecule has 0 saturated heterocycles. The maximum Gasteiger partial charge on any atom is 0.306 e. The highest BCUT2D eigenvalue weighted by atomic mass is 16.6. The highest BCUT2D eigenvalue weighted by Gasteiger charge is 2.19. The van der Waals surface area contributed by atoms with Crippen LogP contribution in [0.4, 0.5) is 0 Å². The van der Waals surface area contributed by atoms with Crippen LogP contribution in [-0.4, -0.2) is 37.2 Å². The Labute approximate surface area is 390 Å². The second kappa shape index (κ2) is 51.7. The minimum Gasteiger partial charge on any atom is -0.462 e. The Kier molecular flexibility index (Phi) is 49.4. The monoisotopic (exact) mass is 881 g/mol. The van der Waals surface area contributed by atoms with Crippen LogP contribution in [0.15, 0.2) is 60.8 Å². The minimum absolute atomic E-state index is 0.0885. The van der Waals surface area contributed by atoms with Gasteiger partial charge in [0, 0.05) is 19.3 Å². The van der Waals surface area contributed by atoms with Gasteiger partial charge < -0.3 is 14.2 Å². The van der Waals surface area contributed by atoms with E-state index in [0.29, 0.717) is 19.3 Å². The van der Waals surface area contributed by atoms with Crippen molar-refractivity contribution in [1.29, 1.82) is 0 Å². The molecular weight excluding hydrogens is 781 g/mol. The van der Waals surface area contributed by atoms with Crippen molar-refractivity contribution < 1.29 is 28.6 Å². The van der Waals surface area contributed by atoms with Crippen LogP contribution >= 0.6 is 0 Å². The topological polar surface area (TPSA) is 78.9 Å². The van der Waals surface area contributed by atoms with Crippen molar-refractivity contribution in [3.05, 3.63) is 60.8 Å². The lowest BCUT2D eigenvalue weighted by Crippen LogP contribution is -2.30. The van der Waals surface area contributed by atoms with E-state index in [9.17, 15) is 14.4 Å². The maximum atomic E-state index is 12.8. The third-order valence-electron chi connectivity index (χ3n) is 11.5. The number of allylic oxidation sites excluding steroid dienone is 10. The molecule has 0 aliphatic heterocycles. The van der Waals surface area contributed by atoms with Crippen LogP contribution in [0.2, 0.25) is 0 Å². The molecule has 0 radical (unpaired) electrons. The Bertz CT molecular complexity index is 1150. The van der Waals surface area contributed by atoms with E-state index in [2.05, 4.69) is 81.5 Å². The highest BCUT2D eigenvalue weighted by Crippen LogP contribution is 2.14. The van der Waals surface area contributed by atoms with E-state index in [0.717, 1.165) is 109 Å². The molecule has 0 saturated carbocycles. The Balaban J connectivity index is 4.43. The fourth-order valence-electron chi connectivity index (χ4n) is 7.37. The van der Waals surface area contributed by atoms with Gasteiger partial charge in [0.15, 0.2) is 6.10 Å². The van der Waals surface area contributed by atoms with Gasteiger partial charge in [0.25, 0.3) is 0 Å². The standard InChI is InChI=1S/C57H100O6/c1-4-7-10-13-16-19-22-25-28-30-32-35-38-41-44-47-50-56(59)62-53-54(52-61-55(58)49-46-43-40-37-34-31-27-24-21-18-15-12-9-6-3)63-57(60)51-48-45-42-39-36-33-29-26-23-20-17-14-11-8-5-2/h15,17-18,20,24,26-30,54H,4-14,16,19,21-23,25,31-53H2,1-3H3/b18-15-,20-17-,27-24-,29-26-,30-28-. The fourth-order valence-corrected chi connectivity index (χ4v) is 7.37. The van der Waals surface area contributed by atoms with Crippen molar-refractivity contribution in [2.45, 2.75) is 271 Å². The first-order valence-electron chi connectivity index (χ1n) is 26.8. The summed E-state index contributed by atoms with van der Waals surface area (Å²) in [6.07, 6.45) is 63.4. The van der Waals surface area contributed by atoms with Crippen LogP contribution in [0.1, 0.15) is 265 Å². The molecule has 0 aromatic heterocycles. The van der Waals surface area contributed by atoms with Gasteiger partial charge in [0.05, 0.1) is 0 Å². The molecule has 1 atom stereocenters. The largest absolute Gasteiger partial charge is 0.462 e. The smallest absolute Gasteiger partial charge is 0.306 e. The predicted molar refractivity (Wildman–Crippen MR) is 270 cm³/mol. The molecule has 0 aliphatic rings. The molecule has 0 amide bonds. The molecule has 0 heterocycles. The molecule has 0 fully saturated rings. The van der Waals surface area contributed by atoms with Gasteiger partial charge in [0.1, 0.15) is 13.2 Å². The van der Waals surface area contributed by atoms with E-state index < -0.39 is 6.10 Å². The van der Waals surface area contributed by atoms with Crippen LogP contribution in [0.5, 0.6) is 0 Å². The van der Waals surface area contributed by atoms with E-state index in [-0.39, 0.29) is 31.1 Å². The van der Waals surface area contributed by atoms with Crippen molar-refractivity contribution in [3.8, 4) is 0 Å².